The van der Waals surface area contributed by atoms with Crippen molar-refractivity contribution >= 4 is 5.91 Å². The van der Waals surface area contributed by atoms with Gasteiger partial charge in [0.1, 0.15) is 6.10 Å². The van der Waals surface area contributed by atoms with Gasteiger partial charge in [0.15, 0.2) is 0 Å². The SMILES string of the molecule is Cn1cncc1CN1C[C@@H]2[C@H](O)C(=O)N(Cc3ccccc3)[C@@H]2C1. The number of hydrogen-bond acceptors (Lipinski definition) is 4. The molecule has 6 heteroatoms. The topological polar surface area (TPSA) is 61.6 Å². The highest BCUT2D eigenvalue weighted by Gasteiger charge is 2.51. The van der Waals surface area contributed by atoms with Gasteiger partial charge < -0.3 is 14.6 Å². The molecule has 1 N–H and O–H groups in total. The molecule has 2 aromatic rings. The average Bonchev–Trinajstić information content (AvgIpc) is 3.24. The van der Waals surface area contributed by atoms with E-state index in [9.17, 15) is 9.90 Å². The smallest absolute Gasteiger partial charge is 0.252 e. The van der Waals surface area contributed by atoms with E-state index in [4.69, 9.17) is 0 Å². The van der Waals surface area contributed by atoms with E-state index >= 15 is 0 Å². The van der Waals surface area contributed by atoms with Crippen LogP contribution in [-0.4, -0.2) is 55.6 Å². The van der Waals surface area contributed by atoms with E-state index in [-0.39, 0.29) is 17.9 Å². The number of carbonyl (C=O) groups is 1. The molecule has 6 nitrogen and oxygen atoms in total. The van der Waals surface area contributed by atoms with E-state index < -0.39 is 6.10 Å². The number of aryl methyl sites for hydroxylation is 1. The molecule has 2 fully saturated rings. The maximum absolute atomic E-state index is 12.4. The molecule has 1 aromatic carbocycles. The van der Waals surface area contributed by atoms with Crippen LogP contribution in [0.1, 0.15) is 11.3 Å². The van der Waals surface area contributed by atoms with E-state index in [0.29, 0.717) is 6.54 Å². The molecule has 0 bridgehead atoms. The molecule has 24 heavy (non-hydrogen) atoms. The molecule has 2 saturated heterocycles. The molecule has 4 rings (SSSR count). The molecule has 1 aromatic heterocycles. The third-order valence-corrected chi connectivity index (χ3v) is 5.25. The Morgan fingerprint density at radius 1 is 1.21 bits per heavy atom. The number of aromatic nitrogens is 2. The first-order valence-electron chi connectivity index (χ1n) is 8.33. The van der Waals surface area contributed by atoms with E-state index in [1.165, 1.54) is 0 Å². The van der Waals surface area contributed by atoms with Crippen molar-refractivity contribution in [1.29, 1.82) is 0 Å². The maximum atomic E-state index is 12.4. The Kier molecular flexibility index (Phi) is 3.86. The Bertz CT molecular complexity index is 730. The molecule has 1 amide bonds. The molecule has 0 unspecified atom stereocenters. The van der Waals surface area contributed by atoms with Crippen LogP contribution in [0.2, 0.25) is 0 Å². The monoisotopic (exact) mass is 326 g/mol. The molecule has 3 atom stereocenters. The lowest BCUT2D eigenvalue weighted by Crippen LogP contribution is -2.38. The van der Waals surface area contributed by atoms with Crippen LogP contribution < -0.4 is 0 Å². The van der Waals surface area contributed by atoms with Crippen LogP contribution in [0.5, 0.6) is 0 Å². The van der Waals surface area contributed by atoms with Gasteiger partial charge in [0.25, 0.3) is 5.91 Å². The van der Waals surface area contributed by atoms with Gasteiger partial charge >= 0.3 is 0 Å². The number of rotatable bonds is 4. The number of carbonyl (C=O) groups excluding carboxylic acids is 1. The zero-order chi connectivity index (χ0) is 16.7. The minimum atomic E-state index is -0.879. The standard InChI is InChI=1S/C18H22N4O2/c1-20-12-19-7-14(20)9-21-10-15-16(11-21)22(18(24)17(15)23)8-13-5-3-2-4-6-13/h2-7,12,15-17,23H,8-11H2,1H3/t15-,16+,17-/m0/s1. The lowest BCUT2D eigenvalue weighted by molar-refractivity contribution is -0.136. The van der Waals surface area contributed by atoms with Crippen molar-refractivity contribution in [2.75, 3.05) is 13.1 Å². The van der Waals surface area contributed by atoms with Crippen molar-refractivity contribution in [3.8, 4) is 0 Å². The van der Waals surface area contributed by atoms with Gasteiger partial charge in [0, 0.05) is 45.3 Å². The fourth-order valence-corrected chi connectivity index (χ4v) is 3.92. The lowest BCUT2D eigenvalue weighted by atomic mass is 10.0. The molecular weight excluding hydrogens is 304 g/mol. The van der Waals surface area contributed by atoms with E-state index in [0.717, 1.165) is 30.9 Å². The molecule has 0 radical (unpaired) electrons. The van der Waals surface area contributed by atoms with Crippen molar-refractivity contribution in [2.45, 2.75) is 25.2 Å². The lowest BCUT2D eigenvalue weighted by Gasteiger charge is -2.25. The third-order valence-electron chi connectivity index (χ3n) is 5.25. The zero-order valence-electron chi connectivity index (χ0n) is 13.7. The molecule has 2 aliphatic heterocycles. The molecular formula is C18H22N4O2. The van der Waals surface area contributed by atoms with Gasteiger partial charge in [0.05, 0.1) is 18.1 Å². The van der Waals surface area contributed by atoms with Gasteiger partial charge in [0.2, 0.25) is 0 Å². The molecule has 0 saturated carbocycles. The highest BCUT2D eigenvalue weighted by Crippen LogP contribution is 2.34. The largest absolute Gasteiger partial charge is 0.383 e. The number of amides is 1. The molecule has 3 heterocycles. The van der Waals surface area contributed by atoms with Crippen LogP contribution >= 0.6 is 0 Å². The first-order chi connectivity index (χ1) is 11.6. The van der Waals surface area contributed by atoms with Crippen molar-refractivity contribution < 1.29 is 9.90 Å². The van der Waals surface area contributed by atoms with Crippen LogP contribution in [0.3, 0.4) is 0 Å². The van der Waals surface area contributed by atoms with Crippen LogP contribution in [-0.2, 0) is 24.9 Å². The van der Waals surface area contributed by atoms with Gasteiger partial charge in [-0.25, -0.2) is 4.98 Å². The van der Waals surface area contributed by atoms with Gasteiger partial charge in [-0.05, 0) is 5.56 Å². The highest BCUT2D eigenvalue weighted by molar-refractivity contribution is 5.84. The van der Waals surface area contributed by atoms with Gasteiger partial charge in [-0.1, -0.05) is 30.3 Å². The first-order valence-corrected chi connectivity index (χ1v) is 8.33. The van der Waals surface area contributed by atoms with Crippen LogP contribution in [0, 0.1) is 5.92 Å². The van der Waals surface area contributed by atoms with E-state index in [1.807, 2.05) is 53.0 Å². The molecule has 126 valence electrons. The number of aliphatic hydroxyl groups excluding tert-OH is 1. The second kappa shape index (κ2) is 6.03. The van der Waals surface area contributed by atoms with Crippen LogP contribution in [0.25, 0.3) is 0 Å². The summed E-state index contributed by atoms with van der Waals surface area (Å²) in [6, 6.07) is 10.1. The summed E-state index contributed by atoms with van der Waals surface area (Å²) in [5.41, 5.74) is 2.24. The van der Waals surface area contributed by atoms with Gasteiger partial charge in [-0.3, -0.25) is 9.69 Å². The summed E-state index contributed by atoms with van der Waals surface area (Å²) in [4.78, 5) is 20.8. The van der Waals surface area contributed by atoms with Crippen LogP contribution in [0.4, 0.5) is 0 Å². The zero-order valence-corrected chi connectivity index (χ0v) is 13.7. The Morgan fingerprint density at radius 3 is 2.71 bits per heavy atom. The quantitative estimate of drug-likeness (QED) is 0.895. The second-order valence-electron chi connectivity index (χ2n) is 6.82. The van der Waals surface area contributed by atoms with E-state index in [1.54, 1.807) is 6.33 Å². The number of imidazole rings is 1. The Morgan fingerprint density at radius 2 is 2.00 bits per heavy atom. The van der Waals surface area contributed by atoms with Crippen molar-refractivity contribution in [3.05, 3.63) is 54.1 Å². The average molecular weight is 326 g/mol. The number of fused-ring (bicyclic) bond motifs is 1. The van der Waals surface area contributed by atoms with Crippen LogP contribution in [0.15, 0.2) is 42.9 Å². The van der Waals surface area contributed by atoms with Crippen molar-refractivity contribution in [3.63, 3.8) is 0 Å². The summed E-state index contributed by atoms with van der Waals surface area (Å²) in [5.74, 6) is -0.136. The second-order valence-corrected chi connectivity index (χ2v) is 6.82. The predicted octanol–water partition coefficient (Wildman–Crippen LogP) is 0.624. The summed E-state index contributed by atoms with van der Waals surface area (Å²) < 4.78 is 2.01. The first kappa shape index (κ1) is 15.4. The third kappa shape index (κ3) is 2.61. The minimum absolute atomic E-state index is 0.00515. The number of aliphatic hydroxyl groups is 1. The number of hydrogen-bond donors (Lipinski definition) is 1. The van der Waals surface area contributed by atoms with Gasteiger partial charge in [-0.15, -0.1) is 0 Å². The molecule has 2 aliphatic rings. The Balaban J connectivity index is 1.49. The Labute approximate surface area is 141 Å². The number of nitrogens with zero attached hydrogens (tertiary/aromatic N) is 4. The molecule has 0 spiro atoms. The summed E-state index contributed by atoms with van der Waals surface area (Å²) >= 11 is 0. The summed E-state index contributed by atoms with van der Waals surface area (Å²) in [7, 11) is 1.99. The summed E-state index contributed by atoms with van der Waals surface area (Å²) in [6.07, 6.45) is 2.79. The van der Waals surface area contributed by atoms with Crippen molar-refractivity contribution in [2.24, 2.45) is 13.0 Å². The maximum Gasteiger partial charge on any atom is 0.252 e. The van der Waals surface area contributed by atoms with Gasteiger partial charge in [-0.2, -0.15) is 0 Å². The van der Waals surface area contributed by atoms with E-state index in [2.05, 4.69) is 9.88 Å². The fraction of sp³-hybridized carbons (Fsp3) is 0.444. The normalized spacial score (nSPS) is 27.0. The minimum Gasteiger partial charge on any atom is -0.383 e. The number of benzene rings is 1. The summed E-state index contributed by atoms with van der Waals surface area (Å²) in [6.45, 7) is 2.90. The fourth-order valence-electron chi connectivity index (χ4n) is 3.92. The molecule has 0 aliphatic carbocycles. The van der Waals surface area contributed by atoms with Crippen molar-refractivity contribution in [1.82, 2.24) is 19.4 Å². The predicted molar refractivity (Wildman–Crippen MR) is 88.8 cm³/mol. The highest BCUT2D eigenvalue weighted by atomic mass is 16.3. The summed E-state index contributed by atoms with van der Waals surface area (Å²) in [5, 5.41) is 10.4. The Hall–Kier alpha value is -2.18. The number of likely N-dealkylation sites (tertiary alicyclic amines) is 2.